The van der Waals surface area contributed by atoms with Crippen LogP contribution in [-0.4, -0.2) is 30.5 Å². The molecule has 2 rings (SSSR count). The van der Waals surface area contributed by atoms with Crippen LogP contribution in [0.3, 0.4) is 0 Å². The topological polar surface area (TPSA) is 81.8 Å². The van der Waals surface area contributed by atoms with E-state index in [0.717, 1.165) is 17.2 Å². The van der Waals surface area contributed by atoms with E-state index in [9.17, 15) is 22.8 Å². The first-order chi connectivity index (χ1) is 14.7. The van der Waals surface area contributed by atoms with E-state index in [4.69, 9.17) is 15.0 Å². The standard InChI is InChI=1S/C22H25F3NO4P/c1-16-4-2-5-17(12-16)6-3-11-29-20-8-7-18(13-19(20)22(23,24)25)9-10-21(26,14-27)15-30-31-28/h2,4-5,7-8,12-13,27H,9-11,14-15,26,31H2,1H3. The summed E-state index contributed by atoms with van der Waals surface area (Å²) in [5.74, 6) is 5.27. The summed E-state index contributed by atoms with van der Waals surface area (Å²) < 4.78 is 61.2. The molecule has 0 aliphatic heterocycles. The molecule has 31 heavy (non-hydrogen) atoms. The van der Waals surface area contributed by atoms with Crippen LogP contribution in [0.25, 0.3) is 0 Å². The fourth-order valence-electron chi connectivity index (χ4n) is 2.84. The molecule has 0 saturated heterocycles. The molecule has 2 aromatic carbocycles. The van der Waals surface area contributed by atoms with Gasteiger partial charge in [-0.1, -0.05) is 30.0 Å². The summed E-state index contributed by atoms with van der Waals surface area (Å²) in [6.45, 7) is 1.14. The molecule has 0 heterocycles. The van der Waals surface area contributed by atoms with Crippen molar-refractivity contribution in [3.63, 3.8) is 0 Å². The second-order valence-corrected chi connectivity index (χ2v) is 7.74. The van der Waals surface area contributed by atoms with Gasteiger partial charge in [-0.3, -0.25) is 4.57 Å². The molecule has 3 N–H and O–H groups in total. The molecule has 0 aliphatic carbocycles. The number of aryl methyl sites for hydroxylation is 2. The molecule has 2 atom stereocenters. The van der Waals surface area contributed by atoms with Gasteiger partial charge in [0.25, 0.3) is 0 Å². The lowest BCUT2D eigenvalue weighted by Gasteiger charge is -2.26. The Balaban J connectivity index is 2.10. The van der Waals surface area contributed by atoms with Crippen molar-refractivity contribution in [2.75, 3.05) is 19.8 Å². The van der Waals surface area contributed by atoms with Crippen LogP contribution in [0, 0.1) is 18.8 Å². The van der Waals surface area contributed by atoms with E-state index < -0.39 is 32.6 Å². The van der Waals surface area contributed by atoms with Gasteiger partial charge >= 0.3 is 6.18 Å². The Morgan fingerprint density at radius 2 is 1.97 bits per heavy atom. The second-order valence-electron chi connectivity index (χ2n) is 7.22. The third-order valence-electron chi connectivity index (χ3n) is 4.57. The zero-order valence-electron chi connectivity index (χ0n) is 17.0. The van der Waals surface area contributed by atoms with Gasteiger partial charge in [0.05, 0.1) is 24.3 Å². The van der Waals surface area contributed by atoms with Gasteiger partial charge in [0.2, 0.25) is 0 Å². The van der Waals surface area contributed by atoms with Gasteiger partial charge in [-0.05, 0) is 55.2 Å². The quantitative estimate of drug-likeness (QED) is 0.445. The molecule has 0 bridgehead atoms. The predicted octanol–water partition coefficient (Wildman–Crippen LogP) is 3.75. The molecule has 0 saturated carbocycles. The average molecular weight is 455 g/mol. The molecule has 0 aliphatic rings. The fraction of sp³-hybridized carbons (Fsp3) is 0.364. The lowest BCUT2D eigenvalue weighted by molar-refractivity contribution is -0.138. The lowest BCUT2D eigenvalue weighted by Crippen LogP contribution is -2.47. The monoisotopic (exact) mass is 455 g/mol. The fourth-order valence-corrected chi connectivity index (χ4v) is 3.24. The van der Waals surface area contributed by atoms with E-state index in [-0.39, 0.29) is 31.8 Å². The van der Waals surface area contributed by atoms with E-state index in [2.05, 4.69) is 11.8 Å². The first kappa shape index (κ1) is 25.0. The number of ether oxygens (including phenoxy) is 1. The second kappa shape index (κ2) is 11.4. The number of hydrogen-bond acceptors (Lipinski definition) is 5. The number of aliphatic hydroxyl groups excluding tert-OH is 1. The largest absolute Gasteiger partial charge is 0.480 e. The van der Waals surface area contributed by atoms with Crippen LogP contribution in [0.15, 0.2) is 42.5 Å². The first-order valence-corrected chi connectivity index (χ1v) is 10.4. The van der Waals surface area contributed by atoms with Gasteiger partial charge in [-0.2, -0.15) is 13.2 Å². The van der Waals surface area contributed by atoms with Crippen molar-refractivity contribution < 1.29 is 32.1 Å². The summed E-state index contributed by atoms with van der Waals surface area (Å²) in [4.78, 5) is 0. The zero-order chi connectivity index (χ0) is 22.9. The maximum Gasteiger partial charge on any atom is 0.419 e. The van der Waals surface area contributed by atoms with Crippen molar-refractivity contribution in [3.05, 3.63) is 64.7 Å². The zero-order valence-corrected chi connectivity index (χ0v) is 18.2. The number of aliphatic hydroxyl groups is 1. The smallest absolute Gasteiger partial charge is 0.419 e. The minimum Gasteiger partial charge on any atom is -0.480 e. The third-order valence-corrected chi connectivity index (χ3v) is 4.87. The van der Waals surface area contributed by atoms with Gasteiger partial charge in [0.15, 0.2) is 8.69 Å². The number of halogens is 3. The maximum absolute atomic E-state index is 13.5. The van der Waals surface area contributed by atoms with Crippen LogP contribution in [0.5, 0.6) is 5.75 Å². The van der Waals surface area contributed by atoms with Crippen molar-refractivity contribution in [2.45, 2.75) is 31.5 Å². The summed E-state index contributed by atoms with van der Waals surface area (Å²) in [5, 5.41) is 9.43. The first-order valence-electron chi connectivity index (χ1n) is 9.50. The van der Waals surface area contributed by atoms with Crippen molar-refractivity contribution in [1.29, 1.82) is 0 Å². The highest BCUT2D eigenvalue weighted by atomic mass is 31.1. The molecule has 0 spiro atoms. The highest BCUT2D eigenvalue weighted by Gasteiger charge is 2.35. The molecule has 2 aromatic rings. The molecule has 2 unspecified atom stereocenters. The SMILES string of the molecule is Cc1cccc(C#CCOc2ccc(CCC(N)(CO)CO[PH2]=O)cc2C(F)(F)F)c1. The Kier molecular flexibility index (Phi) is 9.15. The van der Waals surface area contributed by atoms with E-state index in [0.29, 0.717) is 5.56 Å². The molecule has 0 fully saturated rings. The van der Waals surface area contributed by atoms with Crippen LogP contribution in [0.2, 0.25) is 0 Å². The molecule has 5 nitrogen and oxygen atoms in total. The van der Waals surface area contributed by atoms with Crippen molar-refractivity contribution in [2.24, 2.45) is 5.73 Å². The Hall–Kier alpha value is -2.30. The lowest BCUT2D eigenvalue weighted by atomic mass is 9.93. The number of alkyl halides is 3. The van der Waals surface area contributed by atoms with Crippen LogP contribution in [0.4, 0.5) is 13.2 Å². The third kappa shape index (κ3) is 8.04. The van der Waals surface area contributed by atoms with E-state index in [1.54, 1.807) is 0 Å². The maximum atomic E-state index is 13.5. The highest BCUT2D eigenvalue weighted by Crippen LogP contribution is 2.37. The average Bonchev–Trinajstić information content (AvgIpc) is 2.73. The van der Waals surface area contributed by atoms with E-state index in [1.165, 1.54) is 12.1 Å². The normalized spacial score (nSPS) is 13.6. The summed E-state index contributed by atoms with van der Waals surface area (Å²) in [5.41, 5.74) is 6.04. The van der Waals surface area contributed by atoms with E-state index in [1.807, 2.05) is 31.2 Å². The number of rotatable bonds is 9. The molecule has 0 aromatic heterocycles. The van der Waals surface area contributed by atoms with Gasteiger partial charge in [0.1, 0.15) is 12.4 Å². The van der Waals surface area contributed by atoms with Crippen molar-refractivity contribution >= 4 is 8.69 Å². The Morgan fingerprint density at radius 1 is 1.19 bits per heavy atom. The Bertz CT molecular complexity index is 956. The van der Waals surface area contributed by atoms with Crippen molar-refractivity contribution in [1.82, 2.24) is 0 Å². The molecule has 0 amide bonds. The summed E-state index contributed by atoms with van der Waals surface area (Å²) in [6, 6.07) is 11.2. The number of benzene rings is 2. The summed E-state index contributed by atoms with van der Waals surface area (Å²) in [6.07, 6.45) is -4.28. The van der Waals surface area contributed by atoms with Crippen LogP contribution < -0.4 is 10.5 Å². The Morgan fingerprint density at radius 3 is 2.61 bits per heavy atom. The van der Waals surface area contributed by atoms with Gasteiger partial charge in [0, 0.05) is 5.56 Å². The molecule has 0 radical (unpaired) electrons. The predicted molar refractivity (Wildman–Crippen MR) is 114 cm³/mol. The summed E-state index contributed by atoms with van der Waals surface area (Å²) in [7, 11) is -1.48. The van der Waals surface area contributed by atoms with Crippen molar-refractivity contribution in [3.8, 4) is 17.6 Å². The molecule has 168 valence electrons. The Labute approximate surface area is 180 Å². The van der Waals surface area contributed by atoms with Crippen LogP contribution >= 0.6 is 8.69 Å². The number of nitrogens with two attached hydrogens (primary N) is 1. The molecular formula is C22H25F3NO4P. The van der Waals surface area contributed by atoms with E-state index >= 15 is 0 Å². The minimum absolute atomic E-state index is 0.144. The van der Waals surface area contributed by atoms with Gasteiger partial charge < -0.3 is 20.1 Å². The van der Waals surface area contributed by atoms with Gasteiger partial charge in [-0.15, -0.1) is 0 Å². The van der Waals surface area contributed by atoms with Crippen LogP contribution in [-0.2, 0) is 21.7 Å². The highest BCUT2D eigenvalue weighted by molar-refractivity contribution is 7.17. The molecule has 9 heteroatoms. The summed E-state index contributed by atoms with van der Waals surface area (Å²) >= 11 is 0. The molecular weight excluding hydrogens is 430 g/mol. The van der Waals surface area contributed by atoms with Gasteiger partial charge in [-0.25, -0.2) is 0 Å². The number of hydrogen-bond donors (Lipinski definition) is 2. The van der Waals surface area contributed by atoms with Crippen LogP contribution in [0.1, 0.15) is 28.7 Å². The minimum atomic E-state index is -4.61.